The molecular formula is C29H41LiN2O3S. The Morgan fingerprint density at radius 2 is 1.86 bits per heavy atom. The molecule has 0 spiro atoms. The summed E-state index contributed by atoms with van der Waals surface area (Å²) in [7, 11) is 2.17. The maximum Gasteiger partial charge on any atom is 1.00 e. The molecule has 0 bridgehead atoms. The van der Waals surface area contributed by atoms with Crippen molar-refractivity contribution >= 4 is 23.6 Å². The first-order chi connectivity index (χ1) is 16.9. The predicted octanol–water partition coefficient (Wildman–Crippen LogP) is 3.12. The molecule has 2 aromatic carbocycles. The number of rotatable bonds is 12. The van der Waals surface area contributed by atoms with E-state index in [9.17, 15) is 14.7 Å². The standard InChI is InChI=1S/C29H40N2O3S.Li.H/c1-21-9-7-8-12-24(21)26-19-23(20-31(2)17-15-22-10-5-4-6-11-22)13-14-25(26)28(32)30-27(29(33)34)16-18-35-3;;/h7-9,12-14,19,22,27H,4-6,10-11,15-18,20H2,1-3H3,(H,30,32)(H,33,34);;/q;+1;-1/t27-;;/m0../s1. The van der Waals surface area contributed by atoms with Crippen LogP contribution in [0, 0.1) is 12.8 Å². The maximum absolute atomic E-state index is 13.2. The Bertz CT molecular complexity index is 1000. The van der Waals surface area contributed by atoms with Crippen LogP contribution >= 0.6 is 11.8 Å². The van der Waals surface area contributed by atoms with Crippen molar-refractivity contribution < 1.29 is 35.0 Å². The molecule has 0 unspecified atom stereocenters. The fourth-order valence-electron chi connectivity index (χ4n) is 4.98. The number of aliphatic carboxylic acids is 1. The fourth-order valence-corrected chi connectivity index (χ4v) is 5.46. The van der Waals surface area contributed by atoms with Crippen molar-refractivity contribution in [3.05, 3.63) is 59.2 Å². The van der Waals surface area contributed by atoms with E-state index in [0.717, 1.165) is 41.3 Å². The third kappa shape index (κ3) is 8.99. The van der Waals surface area contributed by atoms with Crippen LogP contribution in [-0.2, 0) is 11.3 Å². The van der Waals surface area contributed by atoms with Crippen molar-refractivity contribution in [2.45, 2.75) is 64.5 Å². The van der Waals surface area contributed by atoms with Gasteiger partial charge in [-0.15, -0.1) is 0 Å². The number of nitrogens with zero attached hydrogens (tertiary/aromatic N) is 1. The van der Waals surface area contributed by atoms with E-state index in [2.05, 4.69) is 23.3 Å². The van der Waals surface area contributed by atoms with Gasteiger partial charge in [0.25, 0.3) is 5.91 Å². The number of carboxylic acid groups (broad SMARTS) is 1. The number of thioether (sulfide) groups is 1. The zero-order valence-electron chi connectivity index (χ0n) is 23.4. The molecular weight excluding hydrogens is 463 g/mol. The molecule has 1 atom stereocenters. The van der Waals surface area contributed by atoms with Crippen LogP contribution in [0.3, 0.4) is 0 Å². The number of aryl methyl sites for hydroxylation is 1. The quantitative estimate of drug-likeness (QED) is 0.435. The van der Waals surface area contributed by atoms with Crippen LogP contribution in [0.5, 0.6) is 0 Å². The van der Waals surface area contributed by atoms with Crippen molar-refractivity contribution in [1.29, 1.82) is 0 Å². The normalized spacial score (nSPS) is 14.8. The molecule has 1 saturated carbocycles. The second kappa shape index (κ2) is 15.5. The zero-order valence-corrected chi connectivity index (χ0v) is 23.2. The average molecular weight is 505 g/mol. The molecule has 0 aliphatic heterocycles. The molecule has 0 heterocycles. The number of carbonyl (C=O) groups excluding carboxylic acids is 1. The van der Waals surface area contributed by atoms with E-state index in [4.69, 9.17) is 0 Å². The first-order valence-corrected chi connectivity index (χ1v) is 14.2. The fraction of sp³-hybridized carbons (Fsp3) is 0.517. The number of benzene rings is 2. The van der Waals surface area contributed by atoms with Gasteiger partial charge >= 0.3 is 24.8 Å². The summed E-state index contributed by atoms with van der Waals surface area (Å²) in [6.07, 6.45) is 10.4. The first-order valence-electron chi connectivity index (χ1n) is 12.8. The van der Waals surface area contributed by atoms with Gasteiger partial charge in [0.15, 0.2) is 0 Å². The predicted molar refractivity (Wildman–Crippen MR) is 147 cm³/mol. The van der Waals surface area contributed by atoms with Gasteiger partial charge in [-0.1, -0.05) is 62.4 Å². The second-order valence-corrected chi connectivity index (χ2v) is 10.9. The molecule has 1 fully saturated rings. The van der Waals surface area contributed by atoms with E-state index >= 15 is 0 Å². The summed E-state index contributed by atoms with van der Waals surface area (Å²) in [5, 5.41) is 12.3. The first kappa shape index (κ1) is 30.5. The number of nitrogens with one attached hydrogen (secondary N) is 1. The smallest absolute Gasteiger partial charge is 1.00 e. The Hall–Kier alpha value is -1.71. The Kier molecular flexibility index (Phi) is 13.2. The van der Waals surface area contributed by atoms with Gasteiger partial charge in [0.2, 0.25) is 0 Å². The molecule has 2 N–H and O–H groups in total. The van der Waals surface area contributed by atoms with Crippen LogP contribution < -0.4 is 24.2 Å². The van der Waals surface area contributed by atoms with Crippen LogP contribution in [0.2, 0.25) is 0 Å². The molecule has 192 valence electrons. The third-order valence-corrected chi connectivity index (χ3v) is 7.72. The maximum atomic E-state index is 13.2. The monoisotopic (exact) mass is 504 g/mol. The summed E-state index contributed by atoms with van der Waals surface area (Å²) in [4.78, 5) is 27.3. The number of carboxylic acids is 1. The van der Waals surface area contributed by atoms with E-state index < -0.39 is 12.0 Å². The molecule has 2 aromatic rings. The Balaban J connectivity index is 0.00000342. The van der Waals surface area contributed by atoms with Gasteiger partial charge in [-0.25, -0.2) is 4.79 Å². The van der Waals surface area contributed by atoms with Crippen LogP contribution in [0.4, 0.5) is 0 Å². The molecule has 1 amide bonds. The Morgan fingerprint density at radius 1 is 1.14 bits per heavy atom. The van der Waals surface area contributed by atoms with Crippen molar-refractivity contribution in [2.75, 3.05) is 25.6 Å². The summed E-state index contributed by atoms with van der Waals surface area (Å²) in [5.41, 5.74) is 4.61. The molecule has 3 rings (SSSR count). The van der Waals surface area contributed by atoms with Crippen LogP contribution in [-0.4, -0.2) is 53.5 Å². The number of amides is 1. The minimum Gasteiger partial charge on any atom is -1.00 e. The van der Waals surface area contributed by atoms with Crippen LogP contribution in [0.1, 0.15) is 67.9 Å². The zero-order chi connectivity index (χ0) is 25.2. The van der Waals surface area contributed by atoms with Gasteiger partial charge in [0.05, 0.1) is 0 Å². The van der Waals surface area contributed by atoms with E-state index in [1.807, 2.05) is 49.6 Å². The topological polar surface area (TPSA) is 69.6 Å². The number of hydrogen-bond donors (Lipinski definition) is 2. The van der Waals surface area contributed by atoms with Gasteiger partial charge in [0, 0.05) is 12.1 Å². The van der Waals surface area contributed by atoms with Crippen LogP contribution in [0.25, 0.3) is 11.1 Å². The molecule has 0 aromatic heterocycles. The molecule has 0 saturated heterocycles. The van der Waals surface area contributed by atoms with Crippen molar-refractivity contribution in [3.63, 3.8) is 0 Å². The van der Waals surface area contributed by atoms with Gasteiger partial charge in [-0.05, 0) is 85.7 Å². The molecule has 36 heavy (non-hydrogen) atoms. The largest absolute Gasteiger partial charge is 1.00 e. The number of carbonyl (C=O) groups is 2. The van der Waals surface area contributed by atoms with Crippen LogP contribution in [0.15, 0.2) is 42.5 Å². The van der Waals surface area contributed by atoms with E-state index in [1.54, 1.807) is 11.8 Å². The van der Waals surface area contributed by atoms with E-state index in [0.29, 0.717) is 17.7 Å². The van der Waals surface area contributed by atoms with Gasteiger partial charge in [0.1, 0.15) is 6.04 Å². The van der Waals surface area contributed by atoms with Crippen molar-refractivity contribution in [3.8, 4) is 11.1 Å². The van der Waals surface area contributed by atoms with Gasteiger partial charge in [-0.2, -0.15) is 11.8 Å². The van der Waals surface area contributed by atoms with E-state index in [-0.39, 0.29) is 26.2 Å². The number of hydrogen-bond acceptors (Lipinski definition) is 4. The molecule has 1 aliphatic carbocycles. The summed E-state index contributed by atoms with van der Waals surface area (Å²) >= 11 is 1.57. The minimum atomic E-state index is -0.999. The average Bonchev–Trinajstić information content (AvgIpc) is 2.86. The summed E-state index contributed by atoms with van der Waals surface area (Å²) in [6, 6.07) is 13.1. The summed E-state index contributed by atoms with van der Waals surface area (Å²) in [5.74, 6) is 0.191. The molecule has 7 heteroatoms. The summed E-state index contributed by atoms with van der Waals surface area (Å²) in [6.45, 7) is 3.93. The van der Waals surface area contributed by atoms with Crippen molar-refractivity contribution in [1.82, 2.24) is 10.2 Å². The summed E-state index contributed by atoms with van der Waals surface area (Å²) < 4.78 is 0. The second-order valence-electron chi connectivity index (χ2n) is 9.87. The third-order valence-electron chi connectivity index (χ3n) is 7.07. The van der Waals surface area contributed by atoms with E-state index in [1.165, 1.54) is 38.5 Å². The molecule has 0 radical (unpaired) electrons. The molecule has 5 nitrogen and oxygen atoms in total. The SMILES string of the molecule is CSCC[C@H](NC(=O)c1ccc(CN(C)CCC2CCCCC2)cc1-c1ccccc1C)C(=O)O.[H-].[Li+]. The van der Waals surface area contributed by atoms with Gasteiger partial charge < -0.3 is 16.7 Å². The van der Waals surface area contributed by atoms with Gasteiger partial charge in [-0.3, -0.25) is 4.79 Å². The Morgan fingerprint density at radius 3 is 2.53 bits per heavy atom. The molecule has 1 aliphatic rings. The van der Waals surface area contributed by atoms with Crippen molar-refractivity contribution in [2.24, 2.45) is 5.92 Å². The Labute approximate surface area is 234 Å². The minimum absolute atomic E-state index is 0.